The number of amides is 3. The number of fused-ring (bicyclic) bond motifs is 1. The van der Waals surface area contributed by atoms with E-state index in [4.69, 9.17) is 30.6 Å². The standard InChI is InChI=1S/C34H44ClN5O8/c1-7-9-10-11-12-13-25(38-33(44)47-34(3,4)5)31(42)40-19-22(18-27(40)29(41)39-48-32(43)23-16-20(23)8-2)46-30-28(35)36-24-15-14-21(45-6)17-26(24)37-30/h7-8,14-15,17,20,22-23,25,27H,1-2,9-13,16,18-19H2,3-6H3,(H,38,44)(H,39,41)/t20?,22-,23?,25+,27-/m1/s1. The summed E-state index contributed by atoms with van der Waals surface area (Å²) in [4.78, 5) is 68.2. The molecule has 1 aliphatic carbocycles. The first-order valence-corrected chi connectivity index (χ1v) is 16.4. The second-order valence-electron chi connectivity index (χ2n) is 12.9. The number of rotatable bonds is 14. The van der Waals surface area contributed by atoms with Gasteiger partial charge in [-0.05, 0) is 64.5 Å². The molecule has 2 unspecified atom stereocenters. The number of unbranched alkanes of at least 4 members (excludes halogenated alkanes) is 3. The highest BCUT2D eigenvalue weighted by Crippen LogP contribution is 2.40. The molecule has 14 heteroatoms. The number of carbonyl (C=O) groups excluding carboxylic acids is 4. The highest BCUT2D eigenvalue weighted by atomic mass is 35.5. The highest BCUT2D eigenvalue weighted by Gasteiger charge is 2.46. The quantitative estimate of drug-likeness (QED) is 0.156. The van der Waals surface area contributed by atoms with Crippen molar-refractivity contribution in [1.82, 2.24) is 25.7 Å². The van der Waals surface area contributed by atoms with E-state index in [1.807, 2.05) is 6.08 Å². The lowest BCUT2D eigenvalue weighted by Gasteiger charge is -2.29. The molecule has 1 aliphatic heterocycles. The van der Waals surface area contributed by atoms with Crippen LogP contribution in [0.4, 0.5) is 4.79 Å². The maximum atomic E-state index is 14.1. The fourth-order valence-corrected chi connectivity index (χ4v) is 5.62. The fourth-order valence-electron chi connectivity index (χ4n) is 5.44. The maximum absolute atomic E-state index is 14.1. The van der Waals surface area contributed by atoms with Crippen molar-refractivity contribution in [2.24, 2.45) is 11.8 Å². The third-order valence-electron chi connectivity index (χ3n) is 8.01. The van der Waals surface area contributed by atoms with E-state index in [1.165, 1.54) is 12.0 Å². The zero-order chi connectivity index (χ0) is 35.0. The molecule has 0 radical (unpaired) electrons. The fraction of sp³-hybridized carbons (Fsp3) is 0.529. The number of allylic oxidation sites excluding steroid dienone is 2. The van der Waals surface area contributed by atoms with Gasteiger partial charge in [0, 0.05) is 12.5 Å². The zero-order valence-electron chi connectivity index (χ0n) is 27.8. The largest absolute Gasteiger partial charge is 0.497 e. The molecule has 0 bridgehead atoms. The summed E-state index contributed by atoms with van der Waals surface area (Å²) in [6.45, 7) is 12.5. The molecule has 3 amide bonds. The van der Waals surface area contributed by atoms with E-state index in [0.29, 0.717) is 36.0 Å². The summed E-state index contributed by atoms with van der Waals surface area (Å²) in [6, 6.07) is 3.01. The van der Waals surface area contributed by atoms with E-state index >= 15 is 0 Å². The van der Waals surface area contributed by atoms with Crippen LogP contribution < -0.4 is 20.3 Å². The second-order valence-corrected chi connectivity index (χ2v) is 13.3. The first-order chi connectivity index (χ1) is 22.8. The third kappa shape index (κ3) is 9.82. The van der Waals surface area contributed by atoms with Crippen LogP contribution >= 0.6 is 11.6 Å². The summed E-state index contributed by atoms with van der Waals surface area (Å²) >= 11 is 6.43. The van der Waals surface area contributed by atoms with E-state index in [1.54, 1.807) is 45.0 Å². The number of nitrogens with zero attached hydrogens (tertiary/aromatic N) is 3. The number of likely N-dealkylation sites (tertiary alicyclic amines) is 1. The number of aromatic nitrogens is 2. The smallest absolute Gasteiger partial charge is 0.408 e. The molecule has 13 nitrogen and oxygen atoms in total. The number of hydroxylamine groups is 1. The Morgan fingerprint density at radius 1 is 1.10 bits per heavy atom. The average Bonchev–Trinajstić information content (AvgIpc) is 3.72. The molecule has 5 atom stereocenters. The predicted molar refractivity (Wildman–Crippen MR) is 178 cm³/mol. The molecule has 1 aromatic heterocycles. The van der Waals surface area contributed by atoms with E-state index in [-0.39, 0.29) is 35.8 Å². The molecular formula is C34H44ClN5O8. The molecule has 2 aromatic rings. The van der Waals surface area contributed by atoms with Gasteiger partial charge < -0.3 is 29.3 Å². The number of benzene rings is 1. The number of ether oxygens (including phenoxy) is 3. The minimum Gasteiger partial charge on any atom is -0.497 e. The molecule has 48 heavy (non-hydrogen) atoms. The molecule has 0 spiro atoms. The molecule has 2 fully saturated rings. The Hall–Kier alpha value is -4.39. The molecule has 2 aliphatic rings. The monoisotopic (exact) mass is 685 g/mol. The van der Waals surface area contributed by atoms with E-state index in [2.05, 4.69) is 33.9 Å². The van der Waals surface area contributed by atoms with Crippen LogP contribution in [0.25, 0.3) is 11.0 Å². The van der Waals surface area contributed by atoms with Crippen LogP contribution in [0.15, 0.2) is 43.5 Å². The lowest BCUT2D eigenvalue weighted by molar-refractivity contribution is -0.162. The molecular weight excluding hydrogens is 642 g/mol. The minimum absolute atomic E-state index is 0.00225. The Bertz CT molecular complexity index is 1530. The number of methoxy groups -OCH3 is 1. The summed E-state index contributed by atoms with van der Waals surface area (Å²) in [5.41, 5.74) is 2.42. The summed E-state index contributed by atoms with van der Waals surface area (Å²) in [5.74, 6) is -1.64. The van der Waals surface area contributed by atoms with Gasteiger partial charge in [0.05, 0.1) is 30.6 Å². The van der Waals surface area contributed by atoms with Gasteiger partial charge in [-0.3, -0.25) is 9.59 Å². The zero-order valence-corrected chi connectivity index (χ0v) is 28.6. The molecule has 1 aromatic carbocycles. The summed E-state index contributed by atoms with van der Waals surface area (Å²) < 4.78 is 16.9. The first kappa shape index (κ1) is 36.4. The van der Waals surface area contributed by atoms with Crippen LogP contribution in [0.1, 0.15) is 65.7 Å². The van der Waals surface area contributed by atoms with Gasteiger partial charge >= 0.3 is 12.1 Å². The van der Waals surface area contributed by atoms with Gasteiger partial charge in [-0.2, -0.15) is 5.48 Å². The van der Waals surface area contributed by atoms with Gasteiger partial charge in [-0.15, -0.1) is 13.2 Å². The summed E-state index contributed by atoms with van der Waals surface area (Å²) in [6.07, 6.45) is 6.01. The second kappa shape index (κ2) is 16.1. The summed E-state index contributed by atoms with van der Waals surface area (Å²) in [7, 11) is 1.53. The van der Waals surface area contributed by atoms with E-state index in [9.17, 15) is 19.2 Å². The van der Waals surface area contributed by atoms with Gasteiger partial charge in [0.1, 0.15) is 29.5 Å². The maximum Gasteiger partial charge on any atom is 0.408 e. The SMILES string of the molecule is C=CCCCCC[C@H](NC(=O)OC(C)(C)C)C(=O)N1C[C@H](Oc2nc3cc(OC)ccc3nc2Cl)C[C@@H]1C(=O)NOC(=O)C1CC1C=C. The van der Waals surface area contributed by atoms with Gasteiger partial charge in [0.25, 0.3) is 11.8 Å². The van der Waals surface area contributed by atoms with Gasteiger partial charge in [0.15, 0.2) is 5.15 Å². The number of carbonyl (C=O) groups is 4. The third-order valence-corrected chi connectivity index (χ3v) is 8.26. The molecule has 1 saturated carbocycles. The van der Waals surface area contributed by atoms with Crippen LogP contribution in [0.2, 0.25) is 5.15 Å². The number of hydrogen-bond donors (Lipinski definition) is 2. The van der Waals surface area contributed by atoms with Crippen molar-refractivity contribution < 1.29 is 38.2 Å². The average molecular weight is 686 g/mol. The van der Waals surface area contributed by atoms with Gasteiger partial charge in [-0.1, -0.05) is 36.6 Å². The number of halogens is 1. The lowest BCUT2D eigenvalue weighted by atomic mass is 10.1. The van der Waals surface area contributed by atoms with Crippen LogP contribution in [-0.2, 0) is 24.0 Å². The molecule has 4 rings (SSSR count). The van der Waals surface area contributed by atoms with Crippen molar-refractivity contribution in [3.05, 3.63) is 48.7 Å². The predicted octanol–water partition coefficient (Wildman–Crippen LogP) is 5.07. The molecule has 2 heterocycles. The Morgan fingerprint density at radius 3 is 2.54 bits per heavy atom. The molecule has 260 valence electrons. The molecule has 1 saturated heterocycles. The Kier molecular flexibility index (Phi) is 12.3. The Morgan fingerprint density at radius 2 is 1.88 bits per heavy atom. The van der Waals surface area contributed by atoms with Crippen molar-refractivity contribution in [2.45, 2.75) is 89.5 Å². The van der Waals surface area contributed by atoms with Crippen LogP contribution in [0, 0.1) is 11.8 Å². The van der Waals surface area contributed by atoms with Crippen molar-refractivity contribution in [3.63, 3.8) is 0 Å². The van der Waals surface area contributed by atoms with E-state index < -0.39 is 47.7 Å². The minimum atomic E-state index is -1.11. The van der Waals surface area contributed by atoms with Crippen molar-refractivity contribution in [2.75, 3.05) is 13.7 Å². The van der Waals surface area contributed by atoms with Crippen LogP contribution in [0.5, 0.6) is 11.6 Å². The van der Waals surface area contributed by atoms with Crippen LogP contribution in [0.3, 0.4) is 0 Å². The Labute approximate surface area is 285 Å². The van der Waals surface area contributed by atoms with Crippen molar-refractivity contribution in [1.29, 1.82) is 0 Å². The van der Waals surface area contributed by atoms with Gasteiger partial charge in [-0.25, -0.2) is 19.6 Å². The van der Waals surface area contributed by atoms with Gasteiger partial charge in [0.2, 0.25) is 5.91 Å². The highest BCUT2D eigenvalue weighted by molar-refractivity contribution is 6.31. The normalized spacial score (nSPS) is 20.7. The topological polar surface area (TPSA) is 158 Å². The number of alkyl carbamates (subject to hydrolysis) is 1. The first-order valence-electron chi connectivity index (χ1n) is 16.1. The van der Waals surface area contributed by atoms with Crippen LogP contribution in [-0.4, -0.2) is 76.2 Å². The number of nitrogens with one attached hydrogen (secondary N) is 2. The van der Waals surface area contributed by atoms with E-state index in [0.717, 1.165) is 19.3 Å². The summed E-state index contributed by atoms with van der Waals surface area (Å²) in [5, 5.41) is 2.69. The lowest BCUT2D eigenvalue weighted by Crippen LogP contribution is -2.54. The van der Waals surface area contributed by atoms with Crippen molar-refractivity contribution in [3.8, 4) is 11.6 Å². The number of hydrogen-bond acceptors (Lipinski definition) is 10. The molecule has 2 N–H and O–H groups in total. The van der Waals surface area contributed by atoms with Crippen molar-refractivity contribution >= 4 is 46.5 Å². The Balaban J connectivity index is 1.56.